The monoisotopic (exact) mass is 337 g/mol. The maximum atomic E-state index is 4.75. The Balaban J connectivity index is 1.49. The molecule has 1 aliphatic heterocycles. The Bertz CT molecular complexity index is 875. The van der Waals surface area contributed by atoms with E-state index in [0.29, 0.717) is 5.92 Å². The van der Waals surface area contributed by atoms with Crippen LogP contribution in [-0.2, 0) is 13.1 Å². The molecule has 25 heavy (non-hydrogen) atoms. The molecule has 1 saturated heterocycles. The molecule has 0 aromatic carbocycles. The number of aryl methyl sites for hydroxylation is 3. The van der Waals surface area contributed by atoms with Gasteiger partial charge in [-0.25, -0.2) is 9.97 Å². The molecule has 3 aromatic heterocycles. The number of hydrogen-bond donors (Lipinski definition) is 0. The van der Waals surface area contributed by atoms with Crippen molar-refractivity contribution in [1.82, 2.24) is 23.8 Å². The summed E-state index contributed by atoms with van der Waals surface area (Å²) < 4.78 is 4.54. The Labute approximate surface area is 149 Å². The van der Waals surface area contributed by atoms with Crippen molar-refractivity contribution in [2.24, 2.45) is 5.92 Å². The zero-order valence-electron chi connectivity index (χ0n) is 15.4. The van der Waals surface area contributed by atoms with E-state index in [4.69, 9.17) is 4.98 Å². The molecule has 4 rings (SSSR count). The highest BCUT2D eigenvalue weighted by atomic mass is 15.2. The molecule has 1 fully saturated rings. The summed E-state index contributed by atoms with van der Waals surface area (Å²) in [7, 11) is 0. The maximum Gasteiger partial charge on any atom is 0.137 e. The molecule has 5 nitrogen and oxygen atoms in total. The number of pyridine rings is 1. The summed E-state index contributed by atoms with van der Waals surface area (Å²) in [6.45, 7) is 10.7. The van der Waals surface area contributed by atoms with Crippen molar-refractivity contribution in [2.45, 2.75) is 46.7 Å². The van der Waals surface area contributed by atoms with Crippen LogP contribution < -0.4 is 0 Å². The van der Waals surface area contributed by atoms with Gasteiger partial charge in [-0.2, -0.15) is 0 Å². The van der Waals surface area contributed by atoms with Crippen LogP contribution in [0.5, 0.6) is 0 Å². The summed E-state index contributed by atoms with van der Waals surface area (Å²) in [6, 6.07) is 4.33. The predicted molar refractivity (Wildman–Crippen MR) is 99.6 cm³/mol. The second kappa shape index (κ2) is 6.64. The average molecular weight is 337 g/mol. The lowest BCUT2D eigenvalue weighted by Gasteiger charge is -2.33. The van der Waals surface area contributed by atoms with Crippen LogP contribution >= 0.6 is 0 Å². The molecule has 0 N–H and O–H groups in total. The van der Waals surface area contributed by atoms with Gasteiger partial charge in [0.2, 0.25) is 0 Å². The first-order valence-electron chi connectivity index (χ1n) is 9.24. The molecule has 5 heteroatoms. The summed E-state index contributed by atoms with van der Waals surface area (Å²) in [5.74, 6) is 1.81. The van der Waals surface area contributed by atoms with E-state index in [-0.39, 0.29) is 0 Å². The van der Waals surface area contributed by atoms with Crippen LogP contribution in [0, 0.1) is 26.7 Å². The average Bonchev–Trinajstić information content (AvgIpc) is 3.11. The van der Waals surface area contributed by atoms with E-state index in [0.717, 1.165) is 36.8 Å². The highest BCUT2D eigenvalue weighted by molar-refractivity contribution is 5.45. The van der Waals surface area contributed by atoms with E-state index >= 15 is 0 Å². The third kappa shape index (κ3) is 3.33. The first kappa shape index (κ1) is 16.3. The number of likely N-dealkylation sites (tertiary alicyclic amines) is 1. The number of imidazole rings is 2. The van der Waals surface area contributed by atoms with Crippen LogP contribution in [0.2, 0.25) is 0 Å². The summed E-state index contributed by atoms with van der Waals surface area (Å²) in [5, 5.41) is 0. The van der Waals surface area contributed by atoms with Gasteiger partial charge in [-0.1, -0.05) is 0 Å². The van der Waals surface area contributed by atoms with Crippen LogP contribution in [0.25, 0.3) is 5.65 Å². The molecule has 0 spiro atoms. The SMILES string of the molecule is Cc1ccn2c(CN3CCC[C@H](Cn4ccnc4C)C3)c(C)nc2c1. The molecule has 4 heterocycles. The molecular formula is C20H27N5. The standard InChI is InChI=1S/C20H27N5/c1-15-6-9-25-19(16(2)22-20(25)11-15)14-23-8-4-5-18(12-23)13-24-10-7-21-17(24)3/h6-7,9-11,18H,4-5,8,12-14H2,1-3H3/t18-/m0/s1. The molecule has 0 saturated carbocycles. The van der Waals surface area contributed by atoms with E-state index in [2.05, 4.69) is 64.1 Å². The van der Waals surface area contributed by atoms with Crippen molar-refractivity contribution in [1.29, 1.82) is 0 Å². The maximum absolute atomic E-state index is 4.75. The quantitative estimate of drug-likeness (QED) is 0.733. The van der Waals surface area contributed by atoms with Gasteiger partial charge in [0.05, 0.1) is 11.4 Å². The van der Waals surface area contributed by atoms with Gasteiger partial charge < -0.3 is 8.97 Å². The topological polar surface area (TPSA) is 38.4 Å². The predicted octanol–water partition coefficient (Wildman–Crippen LogP) is 3.37. The Morgan fingerprint density at radius 3 is 2.88 bits per heavy atom. The van der Waals surface area contributed by atoms with E-state index in [1.807, 2.05) is 6.20 Å². The minimum absolute atomic E-state index is 0.698. The normalized spacial score (nSPS) is 18.9. The number of rotatable bonds is 4. The fourth-order valence-corrected chi connectivity index (χ4v) is 4.04. The zero-order valence-corrected chi connectivity index (χ0v) is 15.4. The van der Waals surface area contributed by atoms with Gasteiger partial charge in [0, 0.05) is 38.2 Å². The van der Waals surface area contributed by atoms with E-state index in [1.54, 1.807) is 0 Å². The van der Waals surface area contributed by atoms with Crippen molar-refractivity contribution >= 4 is 5.65 Å². The zero-order chi connectivity index (χ0) is 17.4. The summed E-state index contributed by atoms with van der Waals surface area (Å²) in [5.41, 5.74) is 4.81. The molecule has 0 aliphatic carbocycles. The van der Waals surface area contributed by atoms with Crippen LogP contribution in [-0.4, -0.2) is 36.9 Å². The van der Waals surface area contributed by atoms with Gasteiger partial charge in [0.15, 0.2) is 0 Å². The Kier molecular flexibility index (Phi) is 4.34. The summed E-state index contributed by atoms with van der Waals surface area (Å²) in [6.07, 6.45) is 8.74. The van der Waals surface area contributed by atoms with Gasteiger partial charge in [-0.15, -0.1) is 0 Å². The highest BCUT2D eigenvalue weighted by Gasteiger charge is 2.22. The fraction of sp³-hybridized carbons (Fsp3) is 0.500. The van der Waals surface area contributed by atoms with Crippen molar-refractivity contribution in [3.05, 3.63) is 53.5 Å². The lowest BCUT2D eigenvalue weighted by atomic mass is 9.97. The van der Waals surface area contributed by atoms with E-state index in [9.17, 15) is 0 Å². The molecular weight excluding hydrogens is 310 g/mol. The highest BCUT2D eigenvalue weighted by Crippen LogP contribution is 2.22. The molecule has 0 amide bonds. The van der Waals surface area contributed by atoms with Gasteiger partial charge in [0.1, 0.15) is 11.5 Å². The molecule has 0 radical (unpaired) electrons. The van der Waals surface area contributed by atoms with Gasteiger partial charge in [-0.3, -0.25) is 4.90 Å². The third-order valence-electron chi connectivity index (χ3n) is 5.44. The molecule has 1 atom stereocenters. The fourth-order valence-electron chi connectivity index (χ4n) is 4.04. The van der Waals surface area contributed by atoms with Gasteiger partial charge in [0.25, 0.3) is 0 Å². The smallest absolute Gasteiger partial charge is 0.137 e. The lowest BCUT2D eigenvalue weighted by molar-refractivity contribution is 0.153. The molecule has 132 valence electrons. The molecule has 0 unspecified atom stereocenters. The van der Waals surface area contributed by atoms with Crippen LogP contribution in [0.1, 0.15) is 35.6 Å². The van der Waals surface area contributed by atoms with Crippen molar-refractivity contribution in [3.63, 3.8) is 0 Å². The second-order valence-corrected chi connectivity index (χ2v) is 7.45. The van der Waals surface area contributed by atoms with Crippen LogP contribution in [0.15, 0.2) is 30.7 Å². The van der Waals surface area contributed by atoms with Crippen molar-refractivity contribution in [3.8, 4) is 0 Å². The Morgan fingerprint density at radius 2 is 2.08 bits per heavy atom. The number of piperidine rings is 1. The van der Waals surface area contributed by atoms with E-state index in [1.165, 1.54) is 30.6 Å². The van der Waals surface area contributed by atoms with Gasteiger partial charge >= 0.3 is 0 Å². The third-order valence-corrected chi connectivity index (χ3v) is 5.44. The molecule has 3 aromatic rings. The Morgan fingerprint density at radius 1 is 1.20 bits per heavy atom. The number of nitrogens with zero attached hydrogens (tertiary/aromatic N) is 5. The van der Waals surface area contributed by atoms with Crippen LogP contribution in [0.4, 0.5) is 0 Å². The number of aromatic nitrogens is 4. The number of hydrogen-bond acceptors (Lipinski definition) is 3. The Hall–Kier alpha value is -2.14. The van der Waals surface area contributed by atoms with E-state index < -0.39 is 0 Å². The lowest BCUT2D eigenvalue weighted by Crippen LogP contribution is -2.37. The summed E-state index contributed by atoms with van der Waals surface area (Å²) in [4.78, 5) is 11.7. The minimum Gasteiger partial charge on any atom is -0.335 e. The number of fused-ring (bicyclic) bond motifs is 1. The van der Waals surface area contributed by atoms with Crippen molar-refractivity contribution < 1.29 is 0 Å². The molecule has 0 bridgehead atoms. The summed E-state index contributed by atoms with van der Waals surface area (Å²) >= 11 is 0. The first-order valence-corrected chi connectivity index (χ1v) is 9.24. The van der Waals surface area contributed by atoms with Crippen molar-refractivity contribution in [2.75, 3.05) is 13.1 Å². The van der Waals surface area contributed by atoms with Gasteiger partial charge in [-0.05, 0) is 63.8 Å². The first-order chi connectivity index (χ1) is 12.1. The molecule has 1 aliphatic rings. The second-order valence-electron chi connectivity index (χ2n) is 7.45. The largest absolute Gasteiger partial charge is 0.335 e. The minimum atomic E-state index is 0.698. The van der Waals surface area contributed by atoms with Crippen LogP contribution in [0.3, 0.4) is 0 Å².